The molecule has 28 heavy (non-hydrogen) atoms. The minimum atomic E-state index is -0.751. The number of esters is 2. The Labute approximate surface area is 166 Å². The van der Waals surface area contributed by atoms with Gasteiger partial charge in [0.2, 0.25) is 0 Å². The summed E-state index contributed by atoms with van der Waals surface area (Å²) in [5.41, 5.74) is 1.21. The molecule has 4 atom stereocenters. The van der Waals surface area contributed by atoms with Gasteiger partial charge in [-0.1, -0.05) is 44.9 Å². The molecule has 2 bridgehead atoms. The molecule has 6 rings (SSSR count). The average molecular weight is 380 g/mol. The summed E-state index contributed by atoms with van der Waals surface area (Å²) >= 11 is 0. The minimum absolute atomic E-state index is 0.206. The maximum atomic E-state index is 13.0. The molecule has 0 N–H and O–H groups in total. The second kappa shape index (κ2) is 6.20. The molecule has 4 aliphatic carbocycles. The van der Waals surface area contributed by atoms with Gasteiger partial charge in [0.1, 0.15) is 11.2 Å². The molecule has 1 saturated heterocycles. The van der Waals surface area contributed by atoms with Gasteiger partial charge in [-0.15, -0.1) is 0 Å². The predicted molar refractivity (Wildman–Crippen MR) is 105 cm³/mol. The lowest BCUT2D eigenvalue weighted by Crippen LogP contribution is -2.63. The molecule has 0 unspecified atom stereocenters. The van der Waals surface area contributed by atoms with Crippen molar-refractivity contribution in [1.82, 2.24) is 0 Å². The molecule has 2 fully saturated rings. The number of carbonyl (C=O) groups excluding carboxylic acids is 2. The Kier molecular flexibility index (Phi) is 3.98. The Hall–Kier alpha value is -2.10. The second-order valence-electron chi connectivity index (χ2n) is 8.79. The highest BCUT2D eigenvalue weighted by Crippen LogP contribution is 2.71. The van der Waals surface area contributed by atoms with Crippen LogP contribution >= 0.6 is 0 Å². The van der Waals surface area contributed by atoms with Crippen LogP contribution in [0.15, 0.2) is 46.8 Å². The molecular formula is C24H28O4. The Balaban J connectivity index is 1.80. The summed E-state index contributed by atoms with van der Waals surface area (Å²) in [5.74, 6) is 0.749. The highest BCUT2D eigenvalue weighted by Gasteiger charge is 2.75. The van der Waals surface area contributed by atoms with Crippen molar-refractivity contribution < 1.29 is 19.1 Å². The molecule has 2 heterocycles. The monoisotopic (exact) mass is 380 g/mol. The number of fused-ring (bicyclic) bond motifs is 1. The van der Waals surface area contributed by atoms with Crippen LogP contribution in [0.25, 0.3) is 0 Å². The van der Waals surface area contributed by atoms with Gasteiger partial charge in [0.25, 0.3) is 0 Å². The number of allylic oxidation sites excluding steroid dienone is 3. The molecule has 0 amide bonds. The third-order valence-electron chi connectivity index (χ3n) is 7.52. The van der Waals surface area contributed by atoms with E-state index in [0.717, 1.165) is 73.8 Å². The summed E-state index contributed by atoms with van der Waals surface area (Å²) in [6.07, 6.45) is 15.7. The van der Waals surface area contributed by atoms with E-state index in [1.54, 1.807) is 0 Å². The molecule has 1 saturated carbocycles. The molecule has 0 radical (unpaired) electrons. The first kappa shape index (κ1) is 18.0. The summed E-state index contributed by atoms with van der Waals surface area (Å²) in [7, 11) is 0. The second-order valence-corrected chi connectivity index (χ2v) is 8.79. The number of cyclic esters (lactones) is 1. The maximum absolute atomic E-state index is 13.0. The van der Waals surface area contributed by atoms with E-state index >= 15 is 0 Å². The number of ether oxygens (including phenoxy) is 2. The van der Waals surface area contributed by atoms with Crippen molar-refractivity contribution in [2.75, 3.05) is 0 Å². The van der Waals surface area contributed by atoms with Gasteiger partial charge in [0, 0.05) is 5.92 Å². The van der Waals surface area contributed by atoms with Crippen molar-refractivity contribution >= 4 is 11.9 Å². The molecule has 0 aromatic rings. The van der Waals surface area contributed by atoms with Crippen molar-refractivity contribution in [3.63, 3.8) is 0 Å². The average Bonchev–Trinajstić information content (AvgIpc) is 3.17. The summed E-state index contributed by atoms with van der Waals surface area (Å²) in [6.45, 7) is 4.31. The highest BCUT2D eigenvalue weighted by atomic mass is 16.6. The quantitative estimate of drug-likeness (QED) is 0.650. The van der Waals surface area contributed by atoms with Crippen LogP contribution in [0.4, 0.5) is 0 Å². The van der Waals surface area contributed by atoms with Crippen LogP contribution in [0.2, 0.25) is 0 Å². The Bertz CT molecular complexity index is 873. The zero-order valence-corrected chi connectivity index (χ0v) is 16.8. The first-order valence-electron chi connectivity index (χ1n) is 10.9. The highest BCUT2D eigenvalue weighted by molar-refractivity contribution is 6.00. The molecule has 0 aromatic carbocycles. The largest absolute Gasteiger partial charge is 0.449 e. The molecule has 2 spiro atoms. The fraction of sp³-hybridized carbons (Fsp3) is 0.583. The minimum Gasteiger partial charge on any atom is -0.449 e. The molecule has 2 aliphatic heterocycles. The Morgan fingerprint density at radius 2 is 2.07 bits per heavy atom. The molecular weight excluding hydrogens is 352 g/mol. The van der Waals surface area contributed by atoms with E-state index in [9.17, 15) is 9.59 Å². The Morgan fingerprint density at radius 3 is 2.86 bits per heavy atom. The standard InChI is InChI=1S/C24H28O4/c1-3-5-11-20-23-13-12-15(14-19(23)22(26)27-20)17(8-4-2)24(23)18-10-7-6-9-16(18)21(25)28-24/h6,9,11,14-15,17H,3-5,7-8,10,12-13H2,1-2H3/b20-11-/t15-,17-,23+,24+/m0/s1. The number of hydrogen-bond donors (Lipinski definition) is 0. The normalized spacial score (nSPS) is 39.4. The summed E-state index contributed by atoms with van der Waals surface area (Å²) in [4.78, 5) is 25.9. The molecule has 6 aliphatic rings. The first-order valence-corrected chi connectivity index (χ1v) is 10.9. The van der Waals surface area contributed by atoms with Gasteiger partial charge >= 0.3 is 11.9 Å². The van der Waals surface area contributed by atoms with Crippen LogP contribution in [0, 0.1) is 17.3 Å². The van der Waals surface area contributed by atoms with Crippen LogP contribution in [0.5, 0.6) is 0 Å². The zero-order valence-electron chi connectivity index (χ0n) is 16.8. The molecule has 4 heteroatoms. The summed E-state index contributed by atoms with van der Waals surface area (Å²) < 4.78 is 12.3. The Morgan fingerprint density at radius 1 is 1.21 bits per heavy atom. The molecule has 0 aromatic heterocycles. The molecule has 148 valence electrons. The molecule has 4 nitrogen and oxygen atoms in total. The van der Waals surface area contributed by atoms with Gasteiger partial charge in [-0.3, -0.25) is 0 Å². The van der Waals surface area contributed by atoms with E-state index in [4.69, 9.17) is 9.47 Å². The van der Waals surface area contributed by atoms with E-state index < -0.39 is 11.0 Å². The van der Waals surface area contributed by atoms with E-state index in [1.807, 2.05) is 6.08 Å². The lowest BCUT2D eigenvalue weighted by molar-refractivity contribution is -0.176. The van der Waals surface area contributed by atoms with E-state index in [2.05, 4.69) is 32.1 Å². The fourth-order valence-electron chi connectivity index (χ4n) is 6.57. The van der Waals surface area contributed by atoms with Crippen LogP contribution < -0.4 is 0 Å². The SMILES string of the molecule is CCC/C=C1\OC(=O)C2=C[C@@H]3CC[C@@]21[C@@]1(OC(=O)C2=C1CCC=C2)[C@H]3CCC. The van der Waals surface area contributed by atoms with Crippen molar-refractivity contribution in [2.24, 2.45) is 17.3 Å². The number of carbonyl (C=O) groups is 2. The van der Waals surface area contributed by atoms with Crippen LogP contribution in [0.1, 0.15) is 65.2 Å². The lowest BCUT2D eigenvalue weighted by atomic mass is 9.45. The van der Waals surface area contributed by atoms with Gasteiger partial charge in [-0.25, -0.2) is 9.59 Å². The van der Waals surface area contributed by atoms with Gasteiger partial charge in [-0.2, -0.15) is 0 Å². The van der Waals surface area contributed by atoms with Crippen molar-refractivity contribution in [1.29, 1.82) is 0 Å². The smallest absolute Gasteiger partial charge is 0.340 e. The fourth-order valence-corrected chi connectivity index (χ4v) is 6.57. The van der Waals surface area contributed by atoms with E-state index in [1.165, 1.54) is 0 Å². The van der Waals surface area contributed by atoms with Crippen molar-refractivity contribution in [3.05, 3.63) is 46.8 Å². The first-order chi connectivity index (χ1) is 13.6. The van der Waals surface area contributed by atoms with Crippen molar-refractivity contribution in [2.45, 2.75) is 70.8 Å². The van der Waals surface area contributed by atoms with E-state index in [0.29, 0.717) is 0 Å². The number of hydrogen-bond acceptors (Lipinski definition) is 4. The van der Waals surface area contributed by atoms with Crippen LogP contribution in [-0.2, 0) is 19.1 Å². The third-order valence-corrected chi connectivity index (χ3v) is 7.52. The summed E-state index contributed by atoms with van der Waals surface area (Å²) in [5, 5.41) is 0. The zero-order chi connectivity index (χ0) is 19.5. The lowest BCUT2D eigenvalue weighted by Gasteiger charge is -2.59. The van der Waals surface area contributed by atoms with Crippen LogP contribution in [0.3, 0.4) is 0 Å². The maximum Gasteiger partial charge on any atom is 0.340 e. The van der Waals surface area contributed by atoms with Crippen molar-refractivity contribution in [3.8, 4) is 0 Å². The number of rotatable bonds is 4. The van der Waals surface area contributed by atoms with Gasteiger partial charge in [0.05, 0.1) is 11.1 Å². The third kappa shape index (κ3) is 1.96. The van der Waals surface area contributed by atoms with Crippen LogP contribution in [-0.4, -0.2) is 17.5 Å². The summed E-state index contributed by atoms with van der Waals surface area (Å²) in [6, 6.07) is 0. The van der Waals surface area contributed by atoms with E-state index in [-0.39, 0.29) is 23.8 Å². The topological polar surface area (TPSA) is 52.6 Å². The van der Waals surface area contributed by atoms with Gasteiger partial charge < -0.3 is 9.47 Å². The van der Waals surface area contributed by atoms with Gasteiger partial charge in [-0.05, 0) is 56.1 Å². The predicted octanol–water partition coefficient (Wildman–Crippen LogP) is 4.92. The van der Waals surface area contributed by atoms with Gasteiger partial charge in [0.15, 0.2) is 5.60 Å². The number of unbranched alkanes of at least 4 members (excludes halogenated alkanes) is 1.